The van der Waals surface area contributed by atoms with E-state index in [4.69, 9.17) is 9.84 Å². The normalized spacial score (nSPS) is 11.0. The number of rotatable bonds is 6. The molecule has 8 heteroatoms. The van der Waals surface area contributed by atoms with Gasteiger partial charge in [-0.1, -0.05) is 18.2 Å². The van der Waals surface area contributed by atoms with E-state index in [0.29, 0.717) is 5.75 Å². The maximum absolute atomic E-state index is 11.9. The van der Waals surface area contributed by atoms with Gasteiger partial charge in [0.1, 0.15) is 12.3 Å². The molecule has 7 nitrogen and oxygen atoms in total. The molecule has 2 N–H and O–H groups in total. The third-order valence-corrected chi connectivity index (χ3v) is 4.18. The highest BCUT2D eigenvalue weighted by molar-refractivity contribution is 7.89. The minimum atomic E-state index is -3.94. The van der Waals surface area contributed by atoms with Crippen LogP contribution in [-0.2, 0) is 14.8 Å². The van der Waals surface area contributed by atoms with Crippen LogP contribution in [0.3, 0.4) is 0 Å². The van der Waals surface area contributed by atoms with Gasteiger partial charge in [-0.15, -0.1) is 0 Å². The highest BCUT2D eigenvalue weighted by Gasteiger charge is 2.16. The Kier molecular flexibility index (Phi) is 5.09. The summed E-state index contributed by atoms with van der Waals surface area (Å²) in [5.41, 5.74) is 0.172. The first-order chi connectivity index (χ1) is 10.9. The van der Waals surface area contributed by atoms with E-state index >= 15 is 0 Å². The van der Waals surface area contributed by atoms with E-state index in [9.17, 15) is 18.0 Å². The smallest absolute Gasteiger partial charge is 0.343 e. The van der Waals surface area contributed by atoms with Crippen LogP contribution in [0.1, 0.15) is 10.4 Å². The maximum atomic E-state index is 11.9. The molecule has 2 rings (SSSR count). The van der Waals surface area contributed by atoms with Crippen LogP contribution in [0.4, 0.5) is 0 Å². The van der Waals surface area contributed by atoms with Gasteiger partial charge in [-0.2, -0.15) is 4.72 Å². The Morgan fingerprint density at radius 3 is 2.17 bits per heavy atom. The Balaban J connectivity index is 2.10. The van der Waals surface area contributed by atoms with Gasteiger partial charge in [0.15, 0.2) is 0 Å². The van der Waals surface area contributed by atoms with Crippen LogP contribution in [0.5, 0.6) is 5.75 Å². The summed E-state index contributed by atoms with van der Waals surface area (Å²) in [6.45, 7) is -0.722. The molecule has 2 aromatic rings. The number of carboxylic acids is 1. The fourth-order valence-corrected chi connectivity index (χ4v) is 2.64. The average Bonchev–Trinajstić information content (AvgIpc) is 2.54. The number of nitrogens with one attached hydrogen (secondary N) is 1. The Bertz CT molecular complexity index is 800. The largest absolute Gasteiger partial charge is 0.480 e. The Morgan fingerprint density at radius 1 is 1.00 bits per heavy atom. The summed E-state index contributed by atoms with van der Waals surface area (Å²) in [6, 6.07) is 13.4. The monoisotopic (exact) mass is 335 g/mol. The van der Waals surface area contributed by atoms with E-state index in [1.54, 1.807) is 30.3 Å². The quantitative estimate of drug-likeness (QED) is 0.608. The molecule has 0 atom stereocenters. The molecule has 0 saturated heterocycles. The van der Waals surface area contributed by atoms with Crippen molar-refractivity contribution in [2.24, 2.45) is 0 Å². The van der Waals surface area contributed by atoms with E-state index in [2.05, 4.69) is 0 Å². The molecule has 0 bridgehead atoms. The summed E-state index contributed by atoms with van der Waals surface area (Å²) in [5, 5.41) is 8.49. The molecule has 0 unspecified atom stereocenters. The molecule has 0 saturated carbocycles. The van der Waals surface area contributed by atoms with Crippen LogP contribution < -0.4 is 9.46 Å². The van der Waals surface area contributed by atoms with Crippen molar-refractivity contribution in [2.75, 3.05) is 6.54 Å². The SMILES string of the molecule is O=C(O)CNS(=O)(=O)c1ccc(C(=O)Oc2ccccc2)cc1. The Labute approximate surface area is 132 Å². The second kappa shape index (κ2) is 7.03. The molecule has 120 valence electrons. The average molecular weight is 335 g/mol. The van der Waals surface area contributed by atoms with Gasteiger partial charge >= 0.3 is 11.9 Å². The van der Waals surface area contributed by atoms with Crippen molar-refractivity contribution in [3.63, 3.8) is 0 Å². The summed E-state index contributed by atoms with van der Waals surface area (Å²) in [6.07, 6.45) is 0. The number of sulfonamides is 1. The third-order valence-electron chi connectivity index (χ3n) is 2.77. The summed E-state index contributed by atoms with van der Waals surface area (Å²) in [4.78, 5) is 22.2. The molecule has 0 aliphatic heterocycles. The van der Waals surface area contributed by atoms with E-state index in [-0.39, 0.29) is 10.5 Å². The van der Waals surface area contributed by atoms with Crippen molar-refractivity contribution < 1.29 is 27.9 Å². The molecule has 0 fully saturated rings. The number of carboxylic acid groups (broad SMARTS) is 1. The fraction of sp³-hybridized carbons (Fsp3) is 0.0667. The van der Waals surface area contributed by atoms with Gasteiger partial charge in [-0.05, 0) is 36.4 Å². The van der Waals surface area contributed by atoms with Crippen LogP contribution in [0.2, 0.25) is 0 Å². The molecule has 0 aliphatic carbocycles. The lowest BCUT2D eigenvalue weighted by atomic mass is 10.2. The topological polar surface area (TPSA) is 110 Å². The Hall–Kier alpha value is -2.71. The van der Waals surface area contributed by atoms with Crippen molar-refractivity contribution in [1.29, 1.82) is 0 Å². The molecular weight excluding hydrogens is 322 g/mol. The zero-order valence-electron chi connectivity index (χ0n) is 11.8. The van der Waals surface area contributed by atoms with Crippen molar-refractivity contribution in [2.45, 2.75) is 4.90 Å². The highest BCUT2D eigenvalue weighted by atomic mass is 32.2. The highest BCUT2D eigenvalue weighted by Crippen LogP contribution is 2.14. The third kappa shape index (κ3) is 4.63. The van der Waals surface area contributed by atoms with Crippen molar-refractivity contribution in [3.05, 3.63) is 60.2 Å². The van der Waals surface area contributed by atoms with Crippen LogP contribution in [0.25, 0.3) is 0 Å². The first-order valence-electron chi connectivity index (χ1n) is 6.47. The maximum Gasteiger partial charge on any atom is 0.343 e. The van der Waals surface area contributed by atoms with Crippen molar-refractivity contribution in [1.82, 2.24) is 4.72 Å². The Morgan fingerprint density at radius 2 is 1.61 bits per heavy atom. The molecule has 0 spiro atoms. The second-order valence-corrected chi connectivity index (χ2v) is 6.21. The number of para-hydroxylation sites is 1. The molecule has 0 aromatic heterocycles. The summed E-state index contributed by atoms with van der Waals surface area (Å²) >= 11 is 0. The first kappa shape index (κ1) is 16.7. The van der Waals surface area contributed by atoms with Gasteiger partial charge in [0.2, 0.25) is 10.0 Å². The molecule has 0 amide bonds. The van der Waals surface area contributed by atoms with Crippen LogP contribution in [-0.4, -0.2) is 32.0 Å². The van der Waals surface area contributed by atoms with Crippen LogP contribution in [0, 0.1) is 0 Å². The van der Waals surface area contributed by atoms with E-state index in [1.165, 1.54) is 24.3 Å². The molecule has 0 aliphatic rings. The van der Waals surface area contributed by atoms with Gasteiger partial charge in [-0.3, -0.25) is 4.79 Å². The predicted molar refractivity (Wildman–Crippen MR) is 80.7 cm³/mol. The number of ether oxygens (including phenoxy) is 1. The molecular formula is C15H13NO6S. The van der Waals surface area contributed by atoms with Crippen molar-refractivity contribution in [3.8, 4) is 5.75 Å². The number of carbonyl (C=O) groups excluding carboxylic acids is 1. The standard InChI is InChI=1S/C15H13NO6S/c17-14(18)10-16-23(20,21)13-8-6-11(7-9-13)15(19)22-12-4-2-1-3-5-12/h1-9,16H,10H2,(H,17,18). The number of aliphatic carboxylic acids is 1. The van der Waals surface area contributed by atoms with Gasteiger partial charge in [0, 0.05) is 0 Å². The van der Waals surface area contributed by atoms with Crippen molar-refractivity contribution >= 4 is 22.0 Å². The predicted octanol–water partition coefficient (Wildman–Crippen LogP) is 1.27. The molecule has 2 aromatic carbocycles. The lowest BCUT2D eigenvalue weighted by Gasteiger charge is -2.06. The molecule has 23 heavy (non-hydrogen) atoms. The lowest BCUT2D eigenvalue weighted by Crippen LogP contribution is -2.29. The molecule has 0 radical (unpaired) electrons. The van der Waals surface area contributed by atoms with Gasteiger partial charge < -0.3 is 9.84 Å². The van der Waals surface area contributed by atoms with Crippen LogP contribution in [0.15, 0.2) is 59.5 Å². The minimum Gasteiger partial charge on any atom is -0.480 e. The van der Waals surface area contributed by atoms with E-state index in [0.717, 1.165) is 0 Å². The number of hydrogen-bond acceptors (Lipinski definition) is 5. The van der Waals surface area contributed by atoms with Gasteiger partial charge in [0.25, 0.3) is 0 Å². The first-order valence-corrected chi connectivity index (χ1v) is 7.95. The number of hydrogen-bond donors (Lipinski definition) is 2. The second-order valence-electron chi connectivity index (χ2n) is 4.45. The summed E-state index contributed by atoms with van der Waals surface area (Å²) in [5.74, 6) is -1.55. The number of benzene rings is 2. The van der Waals surface area contributed by atoms with Gasteiger partial charge in [-0.25, -0.2) is 13.2 Å². The van der Waals surface area contributed by atoms with Crippen LogP contribution >= 0.6 is 0 Å². The van der Waals surface area contributed by atoms with Gasteiger partial charge in [0.05, 0.1) is 10.5 Å². The minimum absolute atomic E-state index is 0.144. The molecule has 0 heterocycles. The zero-order chi connectivity index (χ0) is 16.9. The van der Waals surface area contributed by atoms with E-state index in [1.807, 2.05) is 4.72 Å². The number of esters is 1. The zero-order valence-corrected chi connectivity index (χ0v) is 12.6. The summed E-state index contributed by atoms with van der Waals surface area (Å²) < 4.78 is 30.7. The number of carbonyl (C=O) groups is 2. The lowest BCUT2D eigenvalue weighted by molar-refractivity contribution is -0.135. The summed E-state index contributed by atoms with van der Waals surface area (Å²) in [7, 11) is -3.94. The van der Waals surface area contributed by atoms with E-state index < -0.39 is 28.5 Å². The fourth-order valence-electron chi connectivity index (χ4n) is 1.66.